The zero-order valence-corrected chi connectivity index (χ0v) is 14.5. The monoisotopic (exact) mass is 358 g/mol. The Labute approximate surface area is 145 Å². The zero-order valence-electron chi connectivity index (χ0n) is 14.5. The molecule has 5 fully saturated rings. The fourth-order valence-corrected chi connectivity index (χ4v) is 6.27. The number of alkyl halides is 3. The highest BCUT2D eigenvalue weighted by molar-refractivity contribution is 5.89. The van der Waals surface area contributed by atoms with Crippen LogP contribution in [0.5, 0.6) is 0 Å². The Balaban J connectivity index is 1.42. The molecule has 140 valence electrons. The predicted octanol–water partition coefficient (Wildman–Crippen LogP) is 2.68. The Kier molecular flexibility index (Phi) is 4.03. The number of hydrogen-bond acceptors (Lipinski definition) is 2. The van der Waals surface area contributed by atoms with Crippen LogP contribution in [-0.4, -0.2) is 54.0 Å². The van der Waals surface area contributed by atoms with Crippen molar-refractivity contribution in [3.8, 4) is 0 Å². The normalized spacial score (nSPS) is 40.0. The van der Waals surface area contributed by atoms with Crippen molar-refractivity contribution in [3.63, 3.8) is 0 Å². The molecule has 7 heteroatoms. The van der Waals surface area contributed by atoms with E-state index in [2.05, 4.69) is 0 Å². The van der Waals surface area contributed by atoms with Gasteiger partial charge in [-0.25, -0.2) is 0 Å². The quantitative estimate of drug-likeness (QED) is 0.778. The molecular weight excluding hydrogens is 333 g/mol. The van der Waals surface area contributed by atoms with Crippen LogP contribution in [0, 0.1) is 29.6 Å². The first-order valence-electron chi connectivity index (χ1n) is 9.32. The third-order valence-corrected chi connectivity index (χ3v) is 6.91. The van der Waals surface area contributed by atoms with E-state index in [4.69, 9.17) is 0 Å². The third-order valence-electron chi connectivity index (χ3n) is 6.91. The van der Waals surface area contributed by atoms with Crippen molar-refractivity contribution in [2.75, 3.05) is 20.1 Å². The number of carbonyl (C=O) groups is 2. The summed E-state index contributed by atoms with van der Waals surface area (Å²) >= 11 is 0. The van der Waals surface area contributed by atoms with Crippen molar-refractivity contribution < 1.29 is 22.8 Å². The minimum atomic E-state index is -4.42. The van der Waals surface area contributed by atoms with Gasteiger partial charge in [0.2, 0.25) is 11.8 Å². The lowest BCUT2D eigenvalue weighted by Gasteiger charge is -2.56. The largest absolute Gasteiger partial charge is 0.406 e. The first-order chi connectivity index (χ1) is 11.7. The summed E-state index contributed by atoms with van der Waals surface area (Å²) in [5.74, 6) is 1.35. The molecule has 4 nitrogen and oxygen atoms in total. The summed E-state index contributed by atoms with van der Waals surface area (Å²) in [6.45, 7) is -1.35. The fourth-order valence-electron chi connectivity index (χ4n) is 6.27. The number of amides is 2. The van der Waals surface area contributed by atoms with Gasteiger partial charge in [-0.3, -0.25) is 9.59 Å². The number of halogens is 3. The molecule has 4 saturated carbocycles. The molecule has 0 radical (unpaired) electrons. The molecule has 0 aromatic heterocycles. The van der Waals surface area contributed by atoms with Gasteiger partial charge in [0, 0.05) is 26.1 Å². The molecule has 4 aliphatic carbocycles. The standard InChI is InChI=1S/C18H25F3N2O2/c1-22(16-12-3-10-2-11(5-12)6-13(16)4-10)17(25)14-7-15(24)23(8-14)9-18(19,20)21/h10-14,16H,2-9H2,1H3. The Morgan fingerprint density at radius 3 is 2.20 bits per heavy atom. The van der Waals surface area contributed by atoms with E-state index in [1.54, 1.807) is 11.9 Å². The highest BCUT2D eigenvalue weighted by atomic mass is 19.4. The van der Waals surface area contributed by atoms with Gasteiger partial charge in [-0.1, -0.05) is 0 Å². The maximum atomic E-state index is 12.9. The Hall–Kier alpha value is -1.27. The number of hydrogen-bond donors (Lipinski definition) is 0. The number of rotatable bonds is 3. The lowest BCUT2D eigenvalue weighted by Crippen LogP contribution is -2.57. The fraction of sp³-hybridized carbons (Fsp3) is 0.889. The molecule has 5 rings (SSSR count). The molecule has 0 N–H and O–H groups in total. The number of carbonyl (C=O) groups excluding carboxylic acids is 2. The molecule has 1 aliphatic heterocycles. The second kappa shape index (κ2) is 5.88. The van der Waals surface area contributed by atoms with Crippen molar-refractivity contribution in [1.82, 2.24) is 9.80 Å². The number of nitrogens with zero attached hydrogens (tertiary/aromatic N) is 2. The van der Waals surface area contributed by atoms with Crippen LogP contribution in [0.3, 0.4) is 0 Å². The molecule has 1 saturated heterocycles. The minimum absolute atomic E-state index is 0.0907. The van der Waals surface area contributed by atoms with Crippen molar-refractivity contribution in [3.05, 3.63) is 0 Å². The molecule has 0 aromatic carbocycles. The van der Waals surface area contributed by atoms with E-state index in [-0.39, 0.29) is 24.9 Å². The summed E-state index contributed by atoms with van der Waals surface area (Å²) < 4.78 is 37.7. The van der Waals surface area contributed by atoms with E-state index in [0.29, 0.717) is 11.8 Å². The van der Waals surface area contributed by atoms with Crippen LogP contribution >= 0.6 is 0 Å². The maximum Gasteiger partial charge on any atom is 0.406 e. The van der Waals surface area contributed by atoms with Gasteiger partial charge >= 0.3 is 6.18 Å². The SMILES string of the molecule is CN(C(=O)C1CC(=O)N(CC(F)(F)F)C1)C1C2CC3CC(C2)CC1C3. The Bertz CT molecular complexity index is 549. The van der Waals surface area contributed by atoms with E-state index >= 15 is 0 Å². The lowest BCUT2D eigenvalue weighted by atomic mass is 9.54. The summed E-state index contributed by atoms with van der Waals surface area (Å²) in [6.07, 6.45) is 1.55. The van der Waals surface area contributed by atoms with Gasteiger partial charge in [-0.2, -0.15) is 13.2 Å². The van der Waals surface area contributed by atoms with Gasteiger partial charge in [0.25, 0.3) is 0 Å². The summed E-state index contributed by atoms with van der Waals surface area (Å²) in [6, 6.07) is 0.215. The molecule has 0 aromatic rings. The molecule has 4 bridgehead atoms. The van der Waals surface area contributed by atoms with Gasteiger partial charge in [0.1, 0.15) is 6.54 Å². The highest BCUT2D eigenvalue weighted by Crippen LogP contribution is 2.55. The van der Waals surface area contributed by atoms with Crippen molar-refractivity contribution in [2.45, 2.75) is 50.7 Å². The third kappa shape index (κ3) is 3.14. The highest BCUT2D eigenvalue weighted by Gasteiger charge is 2.51. The van der Waals surface area contributed by atoms with Gasteiger partial charge in [-0.15, -0.1) is 0 Å². The summed E-state index contributed by atoms with van der Waals surface area (Å²) in [5, 5.41) is 0. The van der Waals surface area contributed by atoms with Crippen LogP contribution in [0.1, 0.15) is 38.5 Å². The van der Waals surface area contributed by atoms with Crippen LogP contribution in [0.2, 0.25) is 0 Å². The molecule has 5 aliphatic rings. The molecule has 0 spiro atoms. The van der Waals surface area contributed by atoms with Crippen LogP contribution in [-0.2, 0) is 9.59 Å². The van der Waals surface area contributed by atoms with Crippen molar-refractivity contribution >= 4 is 11.8 Å². The zero-order chi connectivity index (χ0) is 17.9. The smallest absolute Gasteiger partial charge is 0.342 e. The lowest BCUT2D eigenvalue weighted by molar-refractivity contribution is -0.157. The second-order valence-electron chi connectivity index (χ2n) is 8.66. The van der Waals surface area contributed by atoms with E-state index in [9.17, 15) is 22.8 Å². The van der Waals surface area contributed by atoms with Crippen LogP contribution in [0.25, 0.3) is 0 Å². The number of likely N-dealkylation sites (tertiary alicyclic amines) is 1. The second-order valence-corrected chi connectivity index (χ2v) is 8.66. The van der Waals surface area contributed by atoms with E-state index in [1.807, 2.05) is 0 Å². The maximum absolute atomic E-state index is 12.9. The molecule has 2 amide bonds. The van der Waals surface area contributed by atoms with Gasteiger partial charge in [-0.05, 0) is 55.8 Å². The minimum Gasteiger partial charge on any atom is -0.342 e. The average molecular weight is 358 g/mol. The Morgan fingerprint density at radius 2 is 1.68 bits per heavy atom. The predicted molar refractivity (Wildman–Crippen MR) is 84.3 cm³/mol. The van der Waals surface area contributed by atoms with Crippen LogP contribution < -0.4 is 0 Å². The summed E-state index contributed by atoms with van der Waals surface area (Å²) in [4.78, 5) is 27.3. The Morgan fingerprint density at radius 1 is 1.12 bits per heavy atom. The van der Waals surface area contributed by atoms with Gasteiger partial charge in [0.15, 0.2) is 0 Å². The summed E-state index contributed by atoms with van der Waals surface area (Å²) in [5.41, 5.74) is 0. The summed E-state index contributed by atoms with van der Waals surface area (Å²) in [7, 11) is 1.80. The molecular formula is C18H25F3N2O2. The van der Waals surface area contributed by atoms with Crippen LogP contribution in [0.15, 0.2) is 0 Å². The van der Waals surface area contributed by atoms with E-state index in [1.165, 1.54) is 32.1 Å². The van der Waals surface area contributed by atoms with Crippen molar-refractivity contribution in [2.24, 2.45) is 29.6 Å². The van der Waals surface area contributed by atoms with Gasteiger partial charge < -0.3 is 9.80 Å². The molecule has 25 heavy (non-hydrogen) atoms. The molecule has 1 unspecified atom stereocenters. The van der Waals surface area contributed by atoms with E-state index < -0.39 is 24.5 Å². The van der Waals surface area contributed by atoms with E-state index in [0.717, 1.165) is 16.7 Å². The first kappa shape index (κ1) is 17.2. The first-order valence-corrected chi connectivity index (χ1v) is 9.32. The average Bonchev–Trinajstić information content (AvgIpc) is 2.84. The van der Waals surface area contributed by atoms with Gasteiger partial charge in [0.05, 0.1) is 5.92 Å². The van der Waals surface area contributed by atoms with Crippen molar-refractivity contribution in [1.29, 1.82) is 0 Å². The topological polar surface area (TPSA) is 40.6 Å². The van der Waals surface area contributed by atoms with Crippen LogP contribution in [0.4, 0.5) is 13.2 Å². The molecule has 1 atom stereocenters. The molecule has 1 heterocycles.